The second-order valence-electron chi connectivity index (χ2n) is 12.1. The van der Waals surface area contributed by atoms with Crippen molar-refractivity contribution >= 4 is 75.7 Å². The van der Waals surface area contributed by atoms with Crippen LogP contribution in [0.15, 0.2) is 162 Å². The van der Waals surface area contributed by atoms with Crippen LogP contribution < -0.4 is 0 Å². The summed E-state index contributed by atoms with van der Waals surface area (Å²) in [6.07, 6.45) is 0. The van der Waals surface area contributed by atoms with E-state index in [2.05, 4.69) is 158 Å². The van der Waals surface area contributed by atoms with Gasteiger partial charge < -0.3 is 4.42 Å². The lowest BCUT2D eigenvalue weighted by Gasteiger charge is -2.18. The van der Waals surface area contributed by atoms with Crippen LogP contribution >= 0.6 is 11.3 Å². The van der Waals surface area contributed by atoms with Crippen molar-refractivity contribution in [3.05, 3.63) is 158 Å². The number of benzene rings is 8. The Hall–Kier alpha value is -5.70. The van der Waals surface area contributed by atoms with Crippen molar-refractivity contribution in [2.75, 3.05) is 0 Å². The highest BCUT2D eigenvalue weighted by atomic mass is 32.1. The minimum atomic E-state index is 0.917. The fraction of sp³-hybridized carbons (Fsp3) is 0. The third-order valence-electron chi connectivity index (χ3n) is 9.43. The van der Waals surface area contributed by atoms with E-state index in [1.807, 2.05) is 11.3 Å². The maximum Gasteiger partial charge on any atom is 0.136 e. The number of fused-ring (bicyclic) bond motifs is 7. The van der Waals surface area contributed by atoms with Gasteiger partial charge in [-0.1, -0.05) is 121 Å². The molecular weight excluding hydrogens is 577 g/mol. The molecule has 1 nitrogen and oxygen atoms in total. The molecule has 46 heavy (non-hydrogen) atoms. The molecule has 0 spiro atoms. The van der Waals surface area contributed by atoms with Gasteiger partial charge in [0.05, 0.1) is 0 Å². The average molecular weight is 603 g/mol. The van der Waals surface area contributed by atoms with Crippen LogP contribution in [-0.4, -0.2) is 0 Å². The van der Waals surface area contributed by atoms with Crippen LogP contribution in [0.25, 0.3) is 97.0 Å². The van der Waals surface area contributed by atoms with Crippen LogP contribution in [0, 0.1) is 0 Å². The molecule has 0 aliphatic carbocycles. The van der Waals surface area contributed by atoms with E-state index in [-0.39, 0.29) is 0 Å². The highest BCUT2D eigenvalue weighted by molar-refractivity contribution is 7.22. The normalized spacial score (nSPS) is 11.9. The van der Waals surface area contributed by atoms with Crippen LogP contribution in [0.4, 0.5) is 0 Å². The molecule has 0 aliphatic heterocycles. The summed E-state index contributed by atoms with van der Waals surface area (Å²) in [5, 5.41) is 11.0. The first-order chi connectivity index (χ1) is 22.8. The Labute approximate surface area is 269 Å². The molecule has 0 bridgehead atoms. The van der Waals surface area contributed by atoms with Crippen molar-refractivity contribution in [3.8, 4) is 32.7 Å². The van der Waals surface area contributed by atoms with Crippen LogP contribution in [0.1, 0.15) is 0 Å². The summed E-state index contributed by atoms with van der Waals surface area (Å²) < 4.78 is 7.88. The molecule has 2 heterocycles. The Morgan fingerprint density at radius 2 is 0.935 bits per heavy atom. The Balaban J connectivity index is 1.18. The highest BCUT2D eigenvalue weighted by Crippen LogP contribution is 2.45. The van der Waals surface area contributed by atoms with Gasteiger partial charge in [-0.05, 0) is 102 Å². The van der Waals surface area contributed by atoms with Gasteiger partial charge in [-0.15, -0.1) is 11.3 Å². The largest absolute Gasteiger partial charge is 0.456 e. The van der Waals surface area contributed by atoms with Crippen LogP contribution in [-0.2, 0) is 0 Å². The van der Waals surface area contributed by atoms with E-state index in [0.717, 1.165) is 27.5 Å². The molecule has 0 saturated heterocycles. The lowest BCUT2D eigenvalue weighted by molar-refractivity contribution is 0.669. The minimum absolute atomic E-state index is 0.917. The Kier molecular flexibility index (Phi) is 5.51. The standard InChI is InChI=1S/C44H26OS/c1-2-11-28(12-3-1)41-25-32-24-40-38(26-42(32)46-41)33-21-20-31(23-39(33)45-40)44-36-16-8-6-14-34(36)43(35-15-7-9-17-37(35)44)30-19-18-27-10-4-5-13-29(27)22-30/h1-26H. The van der Waals surface area contributed by atoms with Crippen molar-refractivity contribution in [1.29, 1.82) is 0 Å². The van der Waals surface area contributed by atoms with E-state index in [4.69, 9.17) is 4.42 Å². The van der Waals surface area contributed by atoms with Crippen molar-refractivity contribution < 1.29 is 4.42 Å². The molecule has 0 unspecified atom stereocenters. The Morgan fingerprint density at radius 1 is 0.348 bits per heavy atom. The number of thiophene rings is 1. The van der Waals surface area contributed by atoms with Gasteiger partial charge in [-0.2, -0.15) is 0 Å². The molecule has 0 N–H and O–H groups in total. The summed E-state index contributed by atoms with van der Waals surface area (Å²) in [5.74, 6) is 0. The molecule has 10 rings (SSSR count). The number of hydrogen-bond donors (Lipinski definition) is 0. The molecule has 0 aliphatic rings. The molecule has 2 heteroatoms. The first-order valence-corrected chi connectivity index (χ1v) is 16.5. The summed E-state index contributed by atoms with van der Waals surface area (Å²) >= 11 is 1.84. The van der Waals surface area contributed by atoms with E-state index in [9.17, 15) is 0 Å². The zero-order valence-electron chi connectivity index (χ0n) is 24.8. The number of furan rings is 1. The number of rotatable bonds is 3. The maximum absolute atomic E-state index is 6.60. The molecular formula is C44H26OS. The van der Waals surface area contributed by atoms with Gasteiger partial charge >= 0.3 is 0 Å². The number of hydrogen-bond acceptors (Lipinski definition) is 2. The SMILES string of the molecule is c1ccc(-c2cc3cc4oc5cc(-c6c7ccccc7c(-c7ccc8ccccc8c7)c7ccccc67)ccc5c4cc3s2)cc1. The van der Waals surface area contributed by atoms with Crippen molar-refractivity contribution in [2.45, 2.75) is 0 Å². The highest BCUT2D eigenvalue weighted by Gasteiger charge is 2.18. The lowest BCUT2D eigenvalue weighted by Crippen LogP contribution is -1.90. The molecule has 0 amide bonds. The molecule has 214 valence electrons. The smallest absolute Gasteiger partial charge is 0.136 e. The van der Waals surface area contributed by atoms with E-state index in [1.165, 1.54) is 69.5 Å². The summed E-state index contributed by atoms with van der Waals surface area (Å²) in [5.41, 5.74) is 8.02. The molecule has 0 fully saturated rings. The molecule has 0 radical (unpaired) electrons. The van der Waals surface area contributed by atoms with Crippen molar-refractivity contribution in [2.24, 2.45) is 0 Å². The predicted molar refractivity (Wildman–Crippen MR) is 198 cm³/mol. The molecule has 10 aromatic rings. The summed E-state index contributed by atoms with van der Waals surface area (Å²) in [6.45, 7) is 0. The monoisotopic (exact) mass is 602 g/mol. The maximum atomic E-state index is 6.60. The van der Waals surface area contributed by atoms with E-state index in [0.29, 0.717) is 0 Å². The average Bonchev–Trinajstić information content (AvgIpc) is 3.69. The summed E-state index contributed by atoms with van der Waals surface area (Å²) in [6, 6.07) is 57.3. The van der Waals surface area contributed by atoms with Gasteiger partial charge in [0, 0.05) is 20.3 Å². The van der Waals surface area contributed by atoms with E-state index in [1.54, 1.807) is 0 Å². The van der Waals surface area contributed by atoms with Crippen LogP contribution in [0.3, 0.4) is 0 Å². The minimum Gasteiger partial charge on any atom is -0.456 e. The predicted octanol–water partition coefficient (Wildman–Crippen LogP) is 13.3. The third kappa shape index (κ3) is 3.87. The molecule has 0 atom stereocenters. The Morgan fingerprint density at radius 3 is 1.65 bits per heavy atom. The van der Waals surface area contributed by atoms with Crippen molar-refractivity contribution in [1.82, 2.24) is 0 Å². The summed E-state index contributed by atoms with van der Waals surface area (Å²) in [4.78, 5) is 1.28. The van der Waals surface area contributed by atoms with Gasteiger partial charge in [0.2, 0.25) is 0 Å². The van der Waals surface area contributed by atoms with Gasteiger partial charge in [0.1, 0.15) is 11.2 Å². The third-order valence-corrected chi connectivity index (χ3v) is 10.6. The molecule has 8 aromatic carbocycles. The van der Waals surface area contributed by atoms with Gasteiger partial charge in [-0.25, -0.2) is 0 Å². The fourth-order valence-corrected chi connectivity index (χ4v) is 8.39. The van der Waals surface area contributed by atoms with Gasteiger partial charge in [0.25, 0.3) is 0 Å². The second-order valence-corrected chi connectivity index (χ2v) is 13.2. The Bertz CT molecular complexity index is 2740. The van der Waals surface area contributed by atoms with E-state index >= 15 is 0 Å². The van der Waals surface area contributed by atoms with Crippen LogP contribution in [0.5, 0.6) is 0 Å². The zero-order valence-corrected chi connectivity index (χ0v) is 25.6. The second kappa shape index (κ2) is 9.90. The molecule has 0 saturated carbocycles. The first kappa shape index (κ1) is 25.6. The lowest BCUT2D eigenvalue weighted by atomic mass is 9.85. The topological polar surface area (TPSA) is 13.1 Å². The summed E-state index contributed by atoms with van der Waals surface area (Å²) in [7, 11) is 0. The fourth-order valence-electron chi connectivity index (χ4n) is 7.30. The zero-order chi connectivity index (χ0) is 30.2. The first-order valence-electron chi connectivity index (χ1n) is 15.7. The van der Waals surface area contributed by atoms with Gasteiger partial charge in [0.15, 0.2) is 0 Å². The van der Waals surface area contributed by atoms with E-state index < -0.39 is 0 Å². The van der Waals surface area contributed by atoms with Gasteiger partial charge in [-0.3, -0.25) is 0 Å². The van der Waals surface area contributed by atoms with Crippen molar-refractivity contribution in [3.63, 3.8) is 0 Å². The quantitative estimate of drug-likeness (QED) is 0.183. The van der Waals surface area contributed by atoms with Crippen LogP contribution in [0.2, 0.25) is 0 Å². The molecule has 2 aromatic heterocycles.